The van der Waals surface area contributed by atoms with Gasteiger partial charge in [-0.1, -0.05) is 50.6 Å². The summed E-state index contributed by atoms with van der Waals surface area (Å²) in [5, 5.41) is 0.995. The lowest BCUT2D eigenvalue weighted by atomic mass is 9.65. The lowest BCUT2D eigenvalue weighted by Crippen LogP contribution is -2.38. The van der Waals surface area contributed by atoms with Crippen LogP contribution < -0.4 is 0 Å². The van der Waals surface area contributed by atoms with Crippen LogP contribution >= 0.6 is 0 Å². The van der Waals surface area contributed by atoms with Gasteiger partial charge >= 0.3 is 0 Å². The molecule has 1 aliphatic heterocycles. The summed E-state index contributed by atoms with van der Waals surface area (Å²) in [7, 11) is 0. The number of hydrogen-bond acceptors (Lipinski definition) is 2. The van der Waals surface area contributed by atoms with E-state index in [4.69, 9.17) is 4.42 Å². The van der Waals surface area contributed by atoms with E-state index in [-0.39, 0.29) is 11.3 Å². The highest BCUT2D eigenvalue weighted by Gasteiger charge is 2.51. The summed E-state index contributed by atoms with van der Waals surface area (Å²) in [6.45, 7) is 10.6. The lowest BCUT2D eigenvalue weighted by molar-refractivity contribution is 0.0698. The number of benzene rings is 1. The van der Waals surface area contributed by atoms with Gasteiger partial charge in [0.1, 0.15) is 5.69 Å². The fourth-order valence-electron chi connectivity index (χ4n) is 6.15. The van der Waals surface area contributed by atoms with Crippen molar-refractivity contribution in [2.24, 2.45) is 10.8 Å². The zero-order chi connectivity index (χ0) is 20.4. The van der Waals surface area contributed by atoms with Crippen molar-refractivity contribution in [2.45, 2.75) is 59.5 Å². The monoisotopic (exact) mass is 390 g/mol. The zero-order valence-electron chi connectivity index (χ0n) is 17.9. The Morgan fingerprint density at radius 1 is 1.17 bits per heavy atom. The maximum atomic E-state index is 13.8. The van der Waals surface area contributed by atoms with Gasteiger partial charge in [-0.05, 0) is 54.7 Å². The third kappa shape index (κ3) is 3.19. The number of likely N-dealkylation sites (tertiary alicyclic amines) is 1. The van der Waals surface area contributed by atoms with Crippen molar-refractivity contribution in [1.29, 1.82) is 0 Å². The molecule has 2 fully saturated rings. The van der Waals surface area contributed by atoms with Crippen LogP contribution in [0.5, 0.6) is 0 Å². The molecule has 4 heteroatoms. The molecule has 0 unspecified atom stereocenters. The average Bonchev–Trinajstić information content (AvgIpc) is 3.26. The molecule has 0 spiro atoms. The topological polar surface area (TPSA) is 38.4 Å². The number of hydrogen-bond donors (Lipinski definition) is 0. The molecule has 1 aromatic carbocycles. The molecule has 0 radical (unpaired) electrons. The van der Waals surface area contributed by atoms with Crippen LogP contribution in [0.1, 0.15) is 61.6 Å². The molecule has 3 aromatic rings. The largest absolute Gasteiger partial charge is 0.448 e. The van der Waals surface area contributed by atoms with Crippen LogP contribution in [0.3, 0.4) is 0 Å². The van der Waals surface area contributed by atoms with Crippen molar-refractivity contribution in [3.63, 3.8) is 0 Å². The summed E-state index contributed by atoms with van der Waals surface area (Å²) in [5.74, 6) is 0.149. The van der Waals surface area contributed by atoms with E-state index in [1.165, 1.54) is 17.5 Å². The minimum absolute atomic E-state index is 0.149. The average molecular weight is 391 g/mol. The molecule has 1 saturated heterocycles. The van der Waals surface area contributed by atoms with E-state index in [1.54, 1.807) is 6.26 Å². The fraction of sp³-hybridized carbons (Fsp3) is 0.480. The van der Waals surface area contributed by atoms with Crippen LogP contribution in [0, 0.1) is 17.8 Å². The number of fused-ring (bicyclic) bond motifs is 3. The number of aryl methyl sites for hydroxylation is 1. The third-order valence-corrected chi connectivity index (χ3v) is 6.82. The molecular weight excluding hydrogens is 360 g/mol. The first-order valence-electron chi connectivity index (χ1n) is 10.7. The van der Waals surface area contributed by atoms with E-state index in [9.17, 15) is 4.79 Å². The Balaban J connectivity index is 1.52. The molecule has 29 heavy (non-hydrogen) atoms. The van der Waals surface area contributed by atoms with Gasteiger partial charge in [0.2, 0.25) is 5.71 Å². The summed E-state index contributed by atoms with van der Waals surface area (Å²) in [6.07, 6.45) is 5.10. The molecule has 1 aliphatic carbocycles. The number of nitrogens with zero attached hydrogens (tertiary/aromatic N) is 2. The van der Waals surface area contributed by atoms with Gasteiger partial charge in [-0.3, -0.25) is 4.79 Å². The van der Waals surface area contributed by atoms with E-state index in [1.807, 2.05) is 12.1 Å². The quantitative estimate of drug-likeness (QED) is 0.581. The van der Waals surface area contributed by atoms with Gasteiger partial charge in [0.05, 0.1) is 12.8 Å². The number of aromatic nitrogens is 1. The van der Waals surface area contributed by atoms with Crippen molar-refractivity contribution in [3.05, 3.63) is 59.5 Å². The predicted molar refractivity (Wildman–Crippen MR) is 115 cm³/mol. The molecule has 4 nitrogen and oxygen atoms in total. The van der Waals surface area contributed by atoms with Crippen molar-refractivity contribution in [3.8, 4) is 0 Å². The van der Waals surface area contributed by atoms with Crippen LogP contribution in [0.25, 0.3) is 11.1 Å². The second-order valence-corrected chi connectivity index (χ2v) is 10.4. The normalized spacial score (nSPS) is 25.7. The zero-order valence-corrected chi connectivity index (χ0v) is 17.9. The Morgan fingerprint density at radius 3 is 2.79 bits per heavy atom. The van der Waals surface area contributed by atoms with Gasteiger partial charge in [-0.15, -0.1) is 0 Å². The Kier molecular flexibility index (Phi) is 4.00. The summed E-state index contributed by atoms with van der Waals surface area (Å²) >= 11 is 0. The van der Waals surface area contributed by atoms with Crippen LogP contribution in [-0.2, 0) is 6.54 Å². The predicted octanol–water partition coefficient (Wildman–Crippen LogP) is 5.63. The van der Waals surface area contributed by atoms with Crippen molar-refractivity contribution < 1.29 is 9.21 Å². The van der Waals surface area contributed by atoms with Gasteiger partial charge in [-0.25, -0.2) is 0 Å². The molecule has 2 atom stereocenters. The molecule has 2 aromatic heterocycles. The molecule has 2 bridgehead atoms. The van der Waals surface area contributed by atoms with Crippen molar-refractivity contribution in [1.82, 2.24) is 9.47 Å². The second-order valence-electron chi connectivity index (χ2n) is 10.4. The van der Waals surface area contributed by atoms with E-state index < -0.39 is 0 Å². The minimum atomic E-state index is 0.149. The summed E-state index contributed by atoms with van der Waals surface area (Å²) in [4.78, 5) is 15.9. The van der Waals surface area contributed by atoms with E-state index >= 15 is 0 Å². The van der Waals surface area contributed by atoms with E-state index in [0.717, 1.165) is 36.2 Å². The van der Waals surface area contributed by atoms with Gasteiger partial charge in [0.25, 0.3) is 5.91 Å². The van der Waals surface area contributed by atoms with Crippen molar-refractivity contribution >= 4 is 17.0 Å². The van der Waals surface area contributed by atoms with Crippen LogP contribution in [0.4, 0.5) is 0 Å². The molecule has 0 N–H and O–H groups in total. The molecular formula is C25H30N2O2. The number of rotatable bonds is 3. The second kappa shape index (κ2) is 6.25. The number of carbonyl (C=O) groups is 1. The standard InChI is InChI=1S/C25H30N2O2/c1-17-6-5-7-18(10-17)14-26-21(11-19-8-9-29-23(19)26)22(28)27-16-25(4)13-20(27)12-24(2,3)15-25/h5-11,20H,12-16H2,1-4H3/t20-,25-/m0/s1. The fourth-order valence-corrected chi connectivity index (χ4v) is 6.15. The Bertz CT molecular complexity index is 1090. The number of carbonyl (C=O) groups excluding carboxylic acids is 1. The Morgan fingerprint density at radius 2 is 2.00 bits per heavy atom. The first kappa shape index (κ1) is 18.5. The Hall–Kier alpha value is -2.49. The van der Waals surface area contributed by atoms with Crippen LogP contribution in [0.2, 0.25) is 0 Å². The van der Waals surface area contributed by atoms with E-state index in [2.05, 4.69) is 61.4 Å². The minimum Gasteiger partial charge on any atom is -0.448 e. The highest BCUT2D eigenvalue weighted by atomic mass is 16.3. The van der Waals surface area contributed by atoms with Gasteiger partial charge in [0.15, 0.2) is 0 Å². The van der Waals surface area contributed by atoms with Gasteiger partial charge in [0, 0.05) is 18.0 Å². The van der Waals surface area contributed by atoms with E-state index in [0.29, 0.717) is 18.0 Å². The van der Waals surface area contributed by atoms with Crippen LogP contribution in [0.15, 0.2) is 47.1 Å². The van der Waals surface area contributed by atoms with Gasteiger partial charge < -0.3 is 13.9 Å². The highest BCUT2D eigenvalue weighted by Crippen LogP contribution is 2.52. The number of amides is 1. The summed E-state index contributed by atoms with van der Waals surface area (Å²) < 4.78 is 7.83. The summed E-state index contributed by atoms with van der Waals surface area (Å²) in [5.41, 5.74) is 4.46. The lowest BCUT2D eigenvalue weighted by Gasteiger charge is -2.39. The molecule has 2 aliphatic rings. The molecule has 3 heterocycles. The number of furan rings is 1. The van der Waals surface area contributed by atoms with Gasteiger partial charge in [-0.2, -0.15) is 0 Å². The molecule has 1 amide bonds. The molecule has 5 rings (SSSR count). The third-order valence-electron chi connectivity index (χ3n) is 6.82. The first-order valence-corrected chi connectivity index (χ1v) is 10.7. The maximum Gasteiger partial charge on any atom is 0.270 e. The molecule has 1 saturated carbocycles. The van der Waals surface area contributed by atoms with Crippen LogP contribution in [-0.4, -0.2) is 28.0 Å². The summed E-state index contributed by atoms with van der Waals surface area (Å²) in [6, 6.07) is 12.8. The maximum absolute atomic E-state index is 13.8. The van der Waals surface area contributed by atoms with Crippen molar-refractivity contribution in [2.75, 3.05) is 6.54 Å². The Labute approximate surface area is 172 Å². The molecule has 152 valence electrons. The highest BCUT2D eigenvalue weighted by molar-refractivity contribution is 5.98. The SMILES string of the molecule is Cc1cccc(Cn2c(C(=O)N3C[C@@]4(C)C[C@@H]3CC(C)(C)C4)cc3ccoc32)c1. The smallest absolute Gasteiger partial charge is 0.270 e. The first-order chi connectivity index (χ1) is 13.7.